The highest BCUT2D eigenvalue weighted by Gasteiger charge is 2.27. The van der Waals surface area contributed by atoms with E-state index in [9.17, 15) is 24.5 Å². The summed E-state index contributed by atoms with van der Waals surface area (Å²) in [5.74, 6) is -1.83. The van der Waals surface area contributed by atoms with Gasteiger partial charge in [0.1, 0.15) is 12.2 Å². The van der Waals surface area contributed by atoms with Gasteiger partial charge in [0.2, 0.25) is 5.91 Å². The molecule has 2 aromatic rings. The van der Waals surface area contributed by atoms with Crippen LogP contribution in [0.2, 0.25) is 0 Å². The van der Waals surface area contributed by atoms with Crippen molar-refractivity contribution in [3.63, 3.8) is 0 Å². The van der Waals surface area contributed by atoms with Gasteiger partial charge in [0.05, 0.1) is 21.9 Å². The van der Waals surface area contributed by atoms with Crippen molar-refractivity contribution in [1.82, 2.24) is 0 Å². The number of fused-ring (bicyclic) bond motifs is 1. The number of carbonyl (C=O) groups excluding carboxylic acids is 3. The van der Waals surface area contributed by atoms with Crippen LogP contribution in [0.3, 0.4) is 0 Å². The molecule has 0 saturated heterocycles. The number of nitrogens with zero attached hydrogens (tertiary/aromatic N) is 2. The minimum absolute atomic E-state index is 0.0599. The number of nitrogens with one attached hydrogen (secondary N) is 2. The molecule has 0 radical (unpaired) electrons. The van der Waals surface area contributed by atoms with Crippen molar-refractivity contribution in [2.75, 3.05) is 35.7 Å². The fraction of sp³-hybridized carbons (Fsp3) is 0.167. The molecule has 28 heavy (non-hydrogen) atoms. The fourth-order valence-corrected chi connectivity index (χ4v) is 2.77. The van der Waals surface area contributed by atoms with Gasteiger partial charge in [-0.15, -0.1) is 0 Å². The van der Waals surface area contributed by atoms with Gasteiger partial charge in [-0.05, 0) is 24.3 Å². The summed E-state index contributed by atoms with van der Waals surface area (Å²) < 4.78 is 5.00. The molecule has 1 aliphatic heterocycles. The van der Waals surface area contributed by atoms with Crippen LogP contribution in [0, 0.1) is 10.1 Å². The van der Waals surface area contributed by atoms with E-state index in [0.29, 0.717) is 11.4 Å². The predicted octanol–water partition coefficient (Wildman–Crippen LogP) is 1.78. The minimum atomic E-state index is -0.881. The number of benzene rings is 2. The smallest absolute Gasteiger partial charge is 0.338 e. The Balaban J connectivity index is 1.72. The van der Waals surface area contributed by atoms with Gasteiger partial charge in [-0.25, -0.2) is 4.79 Å². The van der Waals surface area contributed by atoms with Gasteiger partial charge in [-0.1, -0.05) is 12.1 Å². The van der Waals surface area contributed by atoms with E-state index in [2.05, 4.69) is 10.6 Å². The Labute approximate surface area is 159 Å². The normalized spacial score (nSPS) is 12.6. The molecule has 0 saturated carbocycles. The third kappa shape index (κ3) is 3.75. The third-order valence-electron chi connectivity index (χ3n) is 4.10. The third-order valence-corrected chi connectivity index (χ3v) is 4.10. The first-order chi connectivity index (χ1) is 13.4. The number of esters is 1. The number of hydrogen-bond donors (Lipinski definition) is 2. The number of nitro benzene ring substituents is 1. The van der Waals surface area contributed by atoms with Crippen LogP contribution in [0.25, 0.3) is 0 Å². The number of para-hydroxylation sites is 2. The summed E-state index contributed by atoms with van der Waals surface area (Å²) in [5.41, 5.74) is 0.877. The lowest BCUT2D eigenvalue weighted by molar-refractivity contribution is -0.384. The number of ether oxygens (including phenoxy) is 1. The van der Waals surface area contributed by atoms with Crippen LogP contribution in [0.5, 0.6) is 0 Å². The van der Waals surface area contributed by atoms with E-state index in [0.717, 1.165) is 6.07 Å². The quantitative estimate of drug-likeness (QED) is 0.456. The van der Waals surface area contributed by atoms with Crippen molar-refractivity contribution >= 4 is 40.5 Å². The Hall–Kier alpha value is -3.95. The van der Waals surface area contributed by atoms with E-state index in [4.69, 9.17) is 4.74 Å². The lowest BCUT2D eigenvalue weighted by Gasteiger charge is -2.28. The monoisotopic (exact) mass is 384 g/mol. The van der Waals surface area contributed by atoms with Crippen LogP contribution in [-0.2, 0) is 14.3 Å². The highest BCUT2D eigenvalue weighted by atomic mass is 16.6. The lowest BCUT2D eigenvalue weighted by Crippen LogP contribution is -2.44. The maximum atomic E-state index is 12.5. The highest BCUT2D eigenvalue weighted by Crippen LogP contribution is 2.29. The highest BCUT2D eigenvalue weighted by molar-refractivity contribution is 6.10. The van der Waals surface area contributed by atoms with Gasteiger partial charge in [0.15, 0.2) is 6.61 Å². The second-order valence-corrected chi connectivity index (χ2v) is 5.86. The van der Waals surface area contributed by atoms with Gasteiger partial charge in [-0.3, -0.25) is 24.6 Å². The van der Waals surface area contributed by atoms with Gasteiger partial charge < -0.3 is 15.4 Å². The molecule has 0 atom stereocenters. The van der Waals surface area contributed by atoms with Crippen LogP contribution in [0.1, 0.15) is 10.4 Å². The van der Waals surface area contributed by atoms with Gasteiger partial charge >= 0.3 is 5.97 Å². The molecule has 144 valence electrons. The first-order valence-electron chi connectivity index (χ1n) is 8.23. The molecule has 10 nitrogen and oxygen atoms in total. The number of hydrogen-bond acceptors (Lipinski definition) is 7. The summed E-state index contributed by atoms with van der Waals surface area (Å²) in [6.45, 7) is -0.808. The standard InChI is InChI=1S/C18H16N4O6/c1-19-12-7-6-11(8-15(12)22(26)27)18(25)28-10-17(24)21-9-16(23)20-13-4-2-3-5-14(13)21/h2-8,19H,9-10H2,1H3,(H,20,23). The van der Waals surface area contributed by atoms with E-state index in [1.807, 2.05) is 0 Å². The molecule has 0 unspecified atom stereocenters. The van der Waals surface area contributed by atoms with Crippen LogP contribution in [0.4, 0.5) is 22.7 Å². The zero-order chi connectivity index (χ0) is 20.3. The molecule has 10 heteroatoms. The van der Waals surface area contributed by atoms with E-state index < -0.39 is 23.4 Å². The van der Waals surface area contributed by atoms with Gasteiger partial charge in [0.25, 0.3) is 11.6 Å². The van der Waals surface area contributed by atoms with Crippen LogP contribution in [0.15, 0.2) is 42.5 Å². The van der Waals surface area contributed by atoms with Crippen molar-refractivity contribution in [1.29, 1.82) is 0 Å². The maximum absolute atomic E-state index is 12.5. The molecular formula is C18H16N4O6. The van der Waals surface area contributed by atoms with Crippen molar-refractivity contribution in [2.24, 2.45) is 0 Å². The van der Waals surface area contributed by atoms with Crippen molar-refractivity contribution < 1.29 is 24.0 Å². The topological polar surface area (TPSA) is 131 Å². The van der Waals surface area contributed by atoms with E-state index >= 15 is 0 Å². The SMILES string of the molecule is CNc1ccc(C(=O)OCC(=O)N2CC(=O)Nc3ccccc32)cc1[N+](=O)[O-]. The molecule has 3 rings (SSSR count). The Bertz CT molecular complexity index is 974. The fourth-order valence-electron chi connectivity index (χ4n) is 2.77. The Kier molecular flexibility index (Phi) is 5.21. The molecule has 0 spiro atoms. The number of anilines is 3. The number of carbonyl (C=O) groups is 3. The molecule has 0 bridgehead atoms. The molecule has 0 aliphatic carbocycles. The van der Waals surface area contributed by atoms with Crippen molar-refractivity contribution in [2.45, 2.75) is 0 Å². The van der Waals surface area contributed by atoms with E-state index in [1.54, 1.807) is 24.3 Å². The molecule has 0 fully saturated rings. The second kappa shape index (κ2) is 7.74. The summed E-state index contributed by atoms with van der Waals surface area (Å²) in [4.78, 5) is 48.1. The van der Waals surface area contributed by atoms with Crippen molar-refractivity contribution in [3.05, 3.63) is 58.1 Å². The van der Waals surface area contributed by atoms with Crippen LogP contribution in [-0.4, -0.2) is 42.9 Å². The summed E-state index contributed by atoms with van der Waals surface area (Å²) in [6, 6.07) is 10.6. The zero-order valence-electron chi connectivity index (χ0n) is 14.8. The minimum Gasteiger partial charge on any atom is -0.452 e. The Morgan fingerprint density at radius 3 is 2.75 bits per heavy atom. The molecule has 1 aliphatic rings. The summed E-state index contributed by atoms with van der Waals surface area (Å²) in [5, 5.41) is 16.4. The molecule has 0 aromatic heterocycles. The molecule has 2 aromatic carbocycles. The van der Waals surface area contributed by atoms with Gasteiger partial charge in [-0.2, -0.15) is 0 Å². The second-order valence-electron chi connectivity index (χ2n) is 5.86. The average molecular weight is 384 g/mol. The number of nitro groups is 1. The molecule has 2 amide bonds. The van der Waals surface area contributed by atoms with Crippen molar-refractivity contribution in [3.8, 4) is 0 Å². The first-order valence-corrected chi connectivity index (χ1v) is 8.23. The maximum Gasteiger partial charge on any atom is 0.338 e. The zero-order valence-corrected chi connectivity index (χ0v) is 14.8. The molecular weight excluding hydrogens is 368 g/mol. The predicted molar refractivity (Wildman–Crippen MR) is 100 cm³/mol. The summed E-state index contributed by atoms with van der Waals surface area (Å²) in [6.07, 6.45) is 0. The van der Waals surface area contributed by atoms with Gasteiger partial charge in [0, 0.05) is 13.1 Å². The van der Waals surface area contributed by atoms with E-state index in [-0.39, 0.29) is 29.4 Å². The van der Waals surface area contributed by atoms with Crippen LogP contribution < -0.4 is 15.5 Å². The van der Waals surface area contributed by atoms with E-state index in [1.165, 1.54) is 24.1 Å². The Morgan fingerprint density at radius 1 is 1.29 bits per heavy atom. The first kappa shape index (κ1) is 18.8. The molecule has 1 heterocycles. The lowest BCUT2D eigenvalue weighted by atomic mass is 10.1. The largest absolute Gasteiger partial charge is 0.452 e. The number of rotatable bonds is 5. The Morgan fingerprint density at radius 2 is 2.04 bits per heavy atom. The number of amides is 2. The summed E-state index contributed by atoms with van der Waals surface area (Å²) in [7, 11) is 1.52. The molecule has 2 N–H and O–H groups in total. The van der Waals surface area contributed by atoms with Crippen LogP contribution >= 0.6 is 0 Å². The summed E-state index contributed by atoms with van der Waals surface area (Å²) >= 11 is 0. The average Bonchev–Trinajstić information content (AvgIpc) is 2.70.